The molecule has 1 aliphatic rings. The fourth-order valence-electron chi connectivity index (χ4n) is 2.86. The lowest BCUT2D eigenvalue weighted by molar-refractivity contribution is -0.161. The van der Waals surface area contributed by atoms with Gasteiger partial charge in [-0.15, -0.1) is 0 Å². The van der Waals surface area contributed by atoms with Gasteiger partial charge in [0, 0.05) is 13.0 Å². The molecule has 1 aromatic carbocycles. The van der Waals surface area contributed by atoms with Gasteiger partial charge in [-0.25, -0.2) is 4.79 Å². The monoisotopic (exact) mass is 377 g/mol. The van der Waals surface area contributed by atoms with E-state index in [1.165, 1.54) is 12.0 Å². The standard InChI is InChI=1S/C18H23N3O6/c1-10(2)15(16(23)20-18(19)25)27-17(24)11-8-14(22)21(9-11)12-6-4-5-7-13(12)26-3/h4-7,10-11,15H,8-9H2,1-3H3,(H3,19,20,23,25)/t11-,15+/m1/s1. The summed E-state index contributed by atoms with van der Waals surface area (Å²) < 4.78 is 10.5. The number of urea groups is 1. The maximum Gasteiger partial charge on any atom is 0.318 e. The molecule has 3 N–H and O–H groups in total. The Morgan fingerprint density at radius 3 is 2.52 bits per heavy atom. The lowest BCUT2D eigenvalue weighted by Gasteiger charge is -2.22. The highest BCUT2D eigenvalue weighted by molar-refractivity contribution is 6.01. The minimum absolute atomic E-state index is 0.0425. The minimum Gasteiger partial charge on any atom is -0.495 e. The summed E-state index contributed by atoms with van der Waals surface area (Å²) in [5.74, 6) is -2.32. The molecule has 0 saturated carbocycles. The van der Waals surface area contributed by atoms with Crippen LogP contribution in [-0.4, -0.2) is 43.6 Å². The zero-order valence-electron chi connectivity index (χ0n) is 15.4. The van der Waals surface area contributed by atoms with Gasteiger partial charge in [0.15, 0.2) is 6.10 Å². The Balaban J connectivity index is 2.10. The number of hydrogen-bond acceptors (Lipinski definition) is 6. The quantitative estimate of drug-likeness (QED) is 0.706. The van der Waals surface area contributed by atoms with Crippen molar-refractivity contribution >= 4 is 29.5 Å². The second-order valence-electron chi connectivity index (χ2n) is 6.53. The predicted octanol–water partition coefficient (Wildman–Crippen LogP) is 0.811. The maximum atomic E-state index is 12.5. The van der Waals surface area contributed by atoms with Gasteiger partial charge in [0.25, 0.3) is 5.91 Å². The van der Waals surface area contributed by atoms with Crippen LogP contribution in [0, 0.1) is 11.8 Å². The van der Waals surface area contributed by atoms with E-state index in [9.17, 15) is 19.2 Å². The van der Waals surface area contributed by atoms with Crippen LogP contribution in [-0.2, 0) is 19.1 Å². The van der Waals surface area contributed by atoms with E-state index >= 15 is 0 Å². The first-order valence-corrected chi connectivity index (χ1v) is 8.48. The van der Waals surface area contributed by atoms with Crippen molar-refractivity contribution in [3.63, 3.8) is 0 Å². The molecule has 0 bridgehead atoms. The lowest BCUT2D eigenvalue weighted by Crippen LogP contribution is -2.46. The van der Waals surface area contributed by atoms with E-state index in [2.05, 4.69) is 0 Å². The summed E-state index contributed by atoms with van der Waals surface area (Å²) in [6, 6.07) is 5.96. The van der Waals surface area contributed by atoms with Crippen molar-refractivity contribution < 1.29 is 28.7 Å². The van der Waals surface area contributed by atoms with Crippen LogP contribution in [0.2, 0.25) is 0 Å². The summed E-state index contributed by atoms with van der Waals surface area (Å²) in [6.45, 7) is 3.44. The Hall–Kier alpha value is -3.10. The molecule has 1 saturated heterocycles. The summed E-state index contributed by atoms with van der Waals surface area (Å²) in [7, 11) is 1.50. The number of nitrogens with one attached hydrogen (secondary N) is 1. The summed E-state index contributed by atoms with van der Waals surface area (Å²) in [5.41, 5.74) is 5.50. The van der Waals surface area contributed by atoms with Gasteiger partial charge in [0.1, 0.15) is 5.75 Å². The van der Waals surface area contributed by atoms with Gasteiger partial charge in [-0.05, 0) is 18.1 Å². The summed E-state index contributed by atoms with van der Waals surface area (Å²) >= 11 is 0. The minimum atomic E-state index is -1.18. The Labute approximate surface area is 156 Å². The third kappa shape index (κ3) is 4.75. The molecule has 146 valence electrons. The number of primary amides is 1. The molecular weight excluding hydrogens is 354 g/mol. The fraction of sp³-hybridized carbons (Fsp3) is 0.444. The van der Waals surface area contributed by atoms with E-state index in [4.69, 9.17) is 15.2 Å². The van der Waals surface area contributed by atoms with Crippen molar-refractivity contribution in [1.82, 2.24) is 5.32 Å². The molecule has 0 aliphatic carbocycles. The third-order valence-electron chi connectivity index (χ3n) is 4.19. The molecule has 0 radical (unpaired) electrons. The molecule has 4 amide bonds. The second kappa shape index (κ2) is 8.52. The van der Waals surface area contributed by atoms with Gasteiger partial charge in [-0.3, -0.25) is 19.7 Å². The van der Waals surface area contributed by atoms with Crippen molar-refractivity contribution in [2.24, 2.45) is 17.6 Å². The Morgan fingerprint density at radius 2 is 1.93 bits per heavy atom. The molecule has 9 nitrogen and oxygen atoms in total. The SMILES string of the molecule is COc1ccccc1N1C[C@H](C(=O)O[C@H](C(=O)NC(N)=O)C(C)C)CC1=O. The highest BCUT2D eigenvalue weighted by Gasteiger charge is 2.39. The number of amides is 4. The Kier molecular flexibility index (Phi) is 6.38. The van der Waals surface area contributed by atoms with Crippen LogP contribution in [0.25, 0.3) is 0 Å². The Bertz CT molecular complexity index is 748. The number of nitrogens with zero attached hydrogens (tertiary/aromatic N) is 1. The van der Waals surface area contributed by atoms with Crippen molar-refractivity contribution in [2.75, 3.05) is 18.6 Å². The molecule has 2 rings (SSSR count). The highest BCUT2D eigenvalue weighted by Crippen LogP contribution is 2.33. The number of carbonyl (C=O) groups is 4. The van der Waals surface area contributed by atoms with Crippen LogP contribution in [0.15, 0.2) is 24.3 Å². The zero-order chi connectivity index (χ0) is 20.1. The van der Waals surface area contributed by atoms with E-state index in [1.54, 1.807) is 38.1 Å². The number of imide groups is 1. The molecule has 27 heavy (non-hydrogen) atoms. The number of para-hydroxylation sites is 2. The van der Waals surface area contributed by atoms with Gasteiger partial charge < -0.3 is 20.1 Å². The molecule has 1 heterocycles. The van der Waals surface area contributed by atoms with Crippen LogP contribution in [0.3, 0.4) is 0 Å². The molecule has 1 aromatic rings. The normalized spacial score (nSPS) is 17.6. The van der Waals surface area contributed by atoms with E-state index in [0.717, 1.165) is 0 Å². The summed E-state index contributed by atoms with van der Waals surface area (Å²) in [5, 5.41) is 1.91. The molecule has 9 heteroatoms. The first-order valence-electron chi connectivity index (χ1n) is 8.48. The number of carbonyl (C=O) groups excluding carboxylic acids is 4. The van der Waals surface area contributed by atoms with Crippen molar-refractivity contribution in [2.45, 2.75) is 26.4 Å². The predicted molar refractivity (Wildman–Crippen MR) is 95.9 cm³/mol. The third-order valence-corrected chi connectivity index (χ3v) is 4.19. The average molecular weight is 377 g/mol. The van der Waals surface area contributed by atoms with Gasteiger partial charge in [-0.1, -0.05) is 26.0 Å². The molecule has 0 aromatic heterocycles. The number of ether oxygens (including phenoxy) is 2. The maximum absolute atomic E-state index is 12.5. The van der Waals surface area contributed by atoms with Crippen molar-refractivity contribution in [3.8, 4) is 5.75 Å². The van der Waals surface area contributed by atoms with Gasteiger partial charge >= 0.3 is 12.0 Å². The second-order valence-corrected chi connectivity index (χ2v) is 6.53. The zero-order valence-corrected chi connectivity index (χ0v) is 15.4. The lowest BCUT2D eigenvalue weighted by atomic mass is 10.1. The highest BCUT2D eigenvalue weighted by atomic mass is 16.5. The van der Waals surface area contributed by atoms with E-state index in [1.807, 2.05) is 5.32 Å². The molecule has 0 unspecified atom stereocenters. The van der Waals surface area contributed by atoms with Crippen LogP contribution in [0.5, 0.6) is 5.75 Å². The van der Waals surface area contributed by atoms with Crippen LogP contribution < -0.4 is 20.7 Å². The smallest absolute Gasteiger partial charge is 0.318 e. The molecule has 1 aliphatic heterocycles. The number of hydrogen-bond donors (Lipinski definition) is 2. The van der Waals surface area contributed by atoms with Crippen molar-refractivity contribution in [3.05, 3.63) is 24.3 Å². The summed E-state index contributed by atoms with van der Waals surface area (Å²) in [6.07, 6.45) is -1.22. The number of anilines is 1. The Morgan fingerprint density at radius 1 is 1.26 bits per heavy atom. The van der Waals surface area contributed by atoms with Crippen molar-refractivity contribution in [1.29, 1.82) is 0 Å². The topological polar surface area (TPSA) is 128 Å². The number of benzene rings is 1. The first-order chi connectivity index (χ1) is 12.7. The molecule has 1 fully saturated rings. The number of esters is 1. The molecular formula is C18H23N3O6. The number of nitrogens with two attached hydrogens (primary N) is 1. The molecule has 0 spiro atoms. The van der Waals surface area contributed by atoms with Crippen LogP contribution in [0.4, 0.5) is 10.5 Å². The van der Waals surface area contributed by atoms with Gasteiger partial charge in [0.05, 0.1) is 18.7 Å². The van der Waals surface area contributed by atoms with E-state index < -0.39 is 29.9 Å². The van der Waals surface area contributed by atoms with Gasteiger partial charge in [-0.2, -0.15) is 0 Å². The average Bonchev–Trinajstić information content (AvgIpc) is 3.00. The van der Waals surface area contributed by atoms with E-state index in [0.29, 0.717) is 11.4 Å². The molecule has 2 atom stereocenters. The van der Waals surface area contributed by atoms with Crippen LogP contribution >= 0.6 is 0 Å². The van der Waals surface area contributed by atoms with Crippen LogP contribution in [0.1, 0.15) is 20.3 Å². The van der Waals surface area contributed by atoms with Gasteiger partial charge in [0.2, 0.25) is 5.91 Å². The van der Waals surface area contributed by atoms with E-state index in [-0.39, 0.29) is 24.8 Å². The first kappa shape index (κ1) is 20.2. The number of methoxy groups -OCH3 is 1. The largest absolute Gasteiger partial charge is 0.495 e. The number of rotatable bonds is 6. The summed E-state index contributed by atoms with van der Waals surface area (Å²) in [4.78, 5) is 49.2. The fourth-order valence-corrected chi connectivity index (χ4v) is 2.86.